The maximum absolute atomic E-state index is 2.30. The zero-order valence-electron chi connectivity index (χ0n) is 31.1. The Labute approximate surface area is 330 Å². The van der Waals surface area contributed by atoms with Crippen LogP contribution in [-0.2, 0) is 0 Å². The summed E-state index contributed by atoms with van der Waals surface area (Å²) in [4.78, 5) is 4.59. The highest BCUT2D eigenvalue weighted by molar-refractivity contribution is 5.81. The molecule has 0 spiro atoms. The largest absolute Gasteiger partial charge is 0.311 e. The van der Waals surface area contributed by atoms with Crippen molar-refractivity contribution in [3.63, 3.8) is 0 Å². The summed E-state index contributed by atoms with van der Waals surface area (Å²) >= 11 is 0. The van der Waals surface area contributed by atoms with Crippen LogP contribution in [0.4, 0.5) is 34.1 Å². The molecule has 0 unspecified atom stereocenters. The lowest BCUT2D eigenvalue weighted by Crippen LogP contribution is -2.09. The van der Waals surface area contributed by atoms with Crippen LogP contribution in [0.1, 0.15) is 33.4 Å². The zero-order chi connectivity index (χ0) is 37.8. The Hall–Kier alpha value is -7.42. The number of anilines is 6. The standard InChI is InChI=1S/C54H42N2/c1-5-13-43(14-6-1)21-23-45-27-35-51(36-28-45)55(49-17-9-3-10-18-49)53-39-31-47(32-40-53)25-26-48-33-41-54(42-34-48)56(50-19-11-4-12-20-50)52-37-29-46(30-38-52)24-22-44-15-7-2-8-16-44/h1-42H/b23-21+,24-22+,26-25-. The molecule has 0 aliphatic carbocycles. The van der Waals surface area contributed by atoms with Crippen molar-refractivity contribution in [2.24, 2.45) is 0 Å². The van der Waals surface area contributed by atoms with E-state index in [9.17, 15) is 0 Å². The molecular weight excluding hydrogens is 677 g/mol. The van der Waals surface area contributed by atoms with E-state index >= 15 is 0 Å². The van der Waals surface area contributed by atoms with Crippen LogP contribution in [0.25, 0.3) is 36.5 Å². The second kappa shape index (κ2) is 17.6. The highest BCUT2D eigenvalue weighted by atomic mass is 15.1. The van der Waals surface area contributed by atoms with E-state index in [-0.39, 0.29) is 0 Å². The smallest absolute Gasteiger partial charge is 0.0462 e. The molecule has 0 amide bonds. The van der Waals surface area contributed by atoms with Crippen LogP contribution in [0.5, 0.6) is 0 Å². The Morgan fingerprint density at radius 2 is 0.357 bits per heavy atom. The van der Waals surface area contributed by atoms with Crippen LogP contribution >= 0.6 is 0 Å². The van der Waals surface area contributed by atoms with Crippen LogP contribution in [0.3, 0.4) is 0 Å². The Morgan fingerprint density at radius 1 is 0.179 bits per heavy atom. The Kier molecular flexibility index (Phi) is 11.2. The lowest BCUT2D eigenvalue weighted by molar-refractivity contribution is 1.28. The van der Waals surface area contributed by atoms with E-state index in [0.29, 0.717) is 0 Å². The number of rotatable bonds is 12. The molecule has 0 aliphatic heterocycles. The number of para-hydroxylation sites is 2. The van der Waals surface area contributed by atoms with E-state index < -0.39 is 0 Å². The first-order valence-corrected chi connectivity index (χ1v) is 19.0. The van der Waals surface area contributed by atoms with Crippen molar-refractivity contribution >= 4 is 70.6 Å². The van der Waals surface area contributed by atoms with E-state index in [1.165, 1.54) is 11.1 Å². The van der Waals surface area contributed by atoms with Gasteiger partial charge in [-0.25, -0.2) is 0 Å². The second-order valence-corrected chi connectivity index (χ2v) is 13.5. The van der Waals surface area contributed by atoms with E-state index in [4.69, 9.17) is 0 Å². The number of hydrogen-bond acceptors (Lipinski definition) is 2. The van der Waals surface area contributed by atoms with Crippen LogP contribution < -0.4 is 9.80 Å². The molecule has 0 fully saturated rings. The minimum Gasteiger partial charge on any atom is -0.311 e. The SMILES string of the molecule is C(=C/c1ccc(N(c2ccccc2)c2ccc(/C=C/c3ccccc3)cc2)cc1)/c1ccc(N(c2ccccc2)c2ccc(/C=C/c3ccccc3)cc2)cc1. The summed E-state index contributed by atoms with van der Waals surface area (Å²) in [5.74, 6) is 0. The van der Waals surface area contributed by atoms with Gasteiger partial charge in [-0.15, -0.1) is 0 Å². The molecule has 0 aliphatic rings. The van der Waals surface area contributed by atoms with Crippen LogP contribution in [0.15, 0.2) is 218 Å². The van der Waals surface area contributed by atoms with Gasteiger partial charge in [0.2, 0.25) is 0 Å². The molecule has 0 radical (unpaired) electrons. The highest BCUT2D eigenvalue weighted by Crippen LogP contribution is 2.36. The first kappa shape index (κ1) is 35.6. The maximum atomic E-state index is 2.30. The van der Waals surface area contributed by atoms with E-state index in [2.05, 4.69) is 253 Å². The molecule has 56 heavy (non-hydrogen) atoms. The Bertz CT molecular complexity index is 2320. The van der Waals surface area contributed by atoms with Gasteiger partial charge in [-0.2, -0.15) is 0 Å². The zero-order valence-corrected chi connectivity index (χ0v) is 31.1. The lowest BCUT2D eigenvalue weighted by atomic mass is 10.1. The predicted molar refractivity (Wildman–Crippen MR) is 242 cm³/mol. The summed E-state index contributed by atoms with van der Waals surface area (Å²) in [5.41, 5.74) is 13.6. The summed E-state index contributed by atoms with van der Waals surface area (Å²) in [5, 5.41) is 0. The molecule has 8 aromatic carbocycles. The van der Waals surface area contributed by atoms with E-state index in [1.807, 2.05) is 12.1 Å². The van der Waals surface area contributed by atoms with Crippen LogP contribution in [0.2, 0.25) is 0 Å². The molecule has 0 heterocycles. The van der Waals surface area contributed by atoms with Gasteiger partial charge in [-0.05, 0) is 106 Å². The molecule has 0 N–H and O–H groups in total. The fourth-order valence-electron chi connectivity index (χ4n) is 6.69. The quantitative estimate of drug-likeness (QED) is 0.116. The first-order valence-electron chi connectivity index (χ1n) is 19.0. The van der Waals surface area contributed by atoms with Gasteiger partial charge in [0, 0.05) is 34.1 Å². The van der Waals surface area contributed by atoms with Crippen LogP contribution in [0, 0.1) is 0 Å². The highest BCUT2D eigenvalue weighted by Gasteiger charge is 2.13. The van der Waals surface area contributed by atoms with Gasteiger partial charge in [-0.1, -0.05) is 182 Å². The molecule has 0 aromatic heterocycles. The fraction of sp³-hybridized carbons (Fsp3) is 0. The minimum absolute atomic E-state index is 1.10. The minimum atomic E-state index is 1.10. The monoisotopic (exact) mass is 718 g/mol. The topological polar surface area (TPSA) is 6.48 Å². The first-order chi connectivity index (χ1) is 27.7. The van der Waals surface area contributed by atoms with Gasteiger partial charge in [0.05, 0.1) is 0 Å². The van der Waals surface area contributed by atoms with Crippen molar-refractivity contribution in [3.8, 4) is 0 Å². The molecule has 0 atom stereocenters. The average molecular weight is 719 g/mol. The van der Waals surface area contributed by atoms with Gasteiger partial charge in [0.25, 0.3) is 0 Å². The molecule has 0 bridgehead atoms. The molecule has 8 aromatic rings. The van der Waals surface area contributed by atoms with Crippen molar-refractivity contribution in [3.05, 3.63) is 252 Å². The van der Waals surface area contributed by atoms with Crippen molar-refractivity contribution < 1.29 is 0 Å². The lowest BCUT2D eigenvalue weighted by Gasteiger charge is -2.25. The van der Waals surface area contributed by atoms with Crippen molar-refractivity contribution in [2.45, 2.75) is 0 Å². The summed E-state index contributed by atoms with van der Waals surface area (Å²) < 4.78 is 0. The molecule has 268 valence electrons. The molecule has 2 nitrogen and oxygen atoms in total. The predicted octanol–water partition coefficient (Wildman–Crippen LogP) is 15.1. The third-order valence-electron chi connectivity index (χ3n) is 9.64. The molecule has 2 heteroatoms. The number of hydrogen-bond donors (Lipinski definition) is 0. The number of benzene rings is 8. The van der Waals surface area contributed by atoms with E-state index in [1.54, 1.807) is 0 Å². The summed E-state index contributed by atoms with van der Waals surface area (Å²) in [6, 6.07) is 76.8. The second-order valence-electron chi connectivity index (χ2n) is 13.5. The normalized spacial score (nSPS) is 11.4. The Morgan fingerprint density at radius 3 is 0.589 bits per heavy atom. The van der Waals surface area contributed by atoms with Gasteiger partial charge in [0.1, 0.15) is 0 Å². The molecule has 0 saturated heterocycles. The van der Waals surface area contributed by atoms with Gasteiger partial charge in [0.15, 0.2) is 0 Å². The summed E-state index contributed by atoms with van der Waals surface area (Å²) in [7, 11) is 0. The fourth-order valence-corrected chi connectivity index (χ4v) is 6.69. The molecule has 8 rings (SSSR count). The summed E-state index contributed by atoms with van der Waals surface area (Å²) in [6.07, 6.45) is 13.0. The molecular formula is C54H42N2. The molecule has 0 saturated carbocycles. The summed E-state index contributed by atoms with van der Waals surface area (Å²) in [6.45, 7) is 0. The van der Waals surface area contributed by atoms with Crippen LogP contribution in [-0.4, -0.2) is 0 Å². The van der Waals surface area contributed by atoms with Crippen molar-refractivity contribution in [1.29, 1.82) is 0 Å². The Balaban J connectivity index is 0.982. The van der Waals surface area contributed by atoms with Gasteiger partial charge in [-0.3, -0.25) is 0 Å². The van der Waals surface area contributed by atoms with E-state index in [0.717, 1.165) is 56.4 Å². The van der Waals surface area contributed by atoms with Gasteiger partial charge >= 0.3 is 0 Å². The van der Waals surface area contributed by atoms with Crippen molar-refractivity contribution in [2.75, 3.05) is 9.80 Å². The number of nitrogens with zero attached hydrogens (tertiary/aromatic N) is 2. The average Bonchev–Trinajstić information content (AvgIpc) is 3.28. The third kappa shape index (κ3) is 9.02. The van der Waals surface area contributed by atoms with Crippen molar-refractivity contribution in [1.82, 2.24) is 0 Å². The third-order valence-corrected chi connectivity index (χ3v) is 9.64. The maximum Gasteiger partial charge on any atom is 0.0462 e. The van der Waals surface area contributed by atoms with Gasteiger partial charge < -0.3 is 9.80 Å².